The maximum Gasteiger partial charge on any atom is 0.339 e. The van der Waals surface area contributed by atoms with Crippen LogP contribution in [0.1, 0.15) is 298 Å². The van der Waals surface area contributed by atoms with Gasteiger partial charge in [0.15, 0.2) is 0 Å². The largest absolute Gasteiger partial charge is 0.507 e. The van der Waals surface area contributed by atoms with Crippen molar-refractivity contribution in [2.75, 3.05) is 0 Å². The Bertz CT molecular complexity index is 4090. The third kappa shape index (κ3) is 76.5. The maximum absolute atomic E-state index is 10.7. The molecular formula is C113H170N2O3Y6-6. The zero-order chi connectivity index (χ0) is 84.2. The van der Waals surface area contributed by atoms with Crippen molar-refractivity contribution in [1.29, 1.82) is 5.26 Å². The fourth-order valence-electron chi connectivity index (χ4n) is 11.5. The van der Waals surface area contributed by atoms with E-state index in [9.17, 15) is 9.90 Å². The number of benzene rings is 9. The second-order valence-corrected chi connectivity index (χ2v) is 39.6. The fourth-order valence-corrected chi connectivity index (χ4v) is 11.5. The van der Waals surface area contributed by atoms with E-state index in [0.29, 0.717) is 38.4 Å². The van der Waals surface area contributed by atoms with Crippen molar-refractivity contribution in [1.82, 2.24) is 4.57 Å². The van der Waals surface area contributed by atoms with Gasteiger partial charge in [-0.25, -0.2) is 4.79 Å². The van der Waals surface area contributed by atoms with E-state index >= 15 is 0 Å². The van der Waals surface area contributed by atoms with Gasteiger partial charge in [-0.05, 0) is 213 Å². The van der Waals surface area contributed by atoms with Gasteiger partial charge in [0, 0.05) is 215 Å². The van der Waals surface area contributed by atoms with E-state index in [2.05, 4.69) is 388 Å². The first-order chi connectivity index (χ1) is 52.1. The molecule has 0 atom stereocenters. The molecule has 0 aliphatic rings. The molecule has 0 spiro atoms. The Balaban J connectivity index is -0.000000127. The molecule has 2 N–H and O–H groups in total. The van der Waals surface area contributed by atoms with Gasteiger partial charge < -0.3 is 59.3 Å². The van der Waals surface area contributed by atoms with Crippen LogP contribution in [-0.2, 0) is 246 Å². The summed E-state index contributed by atoms with van der Waals surface area (Å²) in [4.78, 5) is 10.7. The van der Waals surface area contributed by atoms with Gasteiger partial charge in [0.25, 0.3) is 0 Å². The van der Waals surface area contributed by atoms with Crippen molar-refractivity contribution in [2.24, 2.45) is 32.5 Å². The molecule has 674 valence electrons. The molecule has 0 aliphatic carbocycles. The van der Waals surface area contributed by atoms with Gasteiger partial charge in [0.1, 0.15) is 11.3 Å². The second kappa shape index (κ2) is 75.3. The van der Waals surface area contributed by atoms with Crippen LogP contribution in [0.2, 0.25) is 0 Å². The quantitative estimate of drug-likeness (QED) is 0.0745. The van der Waals surface area contributed by atoms with Crippen LogP contribution in [0.3, 0.4) is 0 Å². The number of carboxylic acid groups (broad SMARTS) is 1. The molecule has 0 saturated carbocycles. The number of carboxylic acids is 1. The molecule has 6 radical (unpaired) electrons. The summed E-state index contributed by atoms with van der Waals surface area (Å²) in [6.07, 6.45) is 18.5. The summed E-state index contributed by atoms with van der Waals surface area (Å²) < 4.78 is 2.35. The number of hydrogen-bond donors (Lipinski definition) is 2. The number of para-hydroxylation sites is 1. The van der Waals surface area contributed by atoms with Crippen LogP contribution in [0.25, 0.3) is 10.9 Å². The summed E-state index contributed by atoms with van der Waals surface area (Å²) in [7, 11) is 0. The molecule has 0 fully saturated rings. The molecule has 0 unspecified atom stereocenters. The Hall–Kier alpha value is -2.10. The molecular weight excluding hydrogens is 1970 g/mol. The summed E-state index contributed by atoms with van der Waals surface area (Å²) in [5, 5.41) is 28.1. The Kier molecular flexibility index (Phi) is 88.0. The van der Waals surface area contributed by atoms with Crippen LogP contribution in [0.15, 0.2) is 261 Å². The number of nitrogens with zero attached hydrogens (tertiary/aromatic N) is 2. The number of aromatic hydroxyl groups is 1. The zero-order valence-electron chi connectivity index (χ0n) is 84.5. The van der Waals surface area contributed by atoms with E-state index in [-0.39, 0.29) is 263 Å². The SMILES string of the molecule is CC(C)(C)CCCCc1ccccc1.CC(C)(C)CCCc1ccccc1.CC(C)(C)CCc1ccccc1.CC(C)(C)CCc1ccccc1.CC(C)(C)CCn1ccc2ccccc21.CC(C)(C)Cc1ccccc1.CC(C)(C)c1ccc(O)c(C(=O)O)c1.CC(C)(C)c1cccc(C#N)c1.CC(C)c1ccccc1.[CH3-].[CH3-].[CH3-].[CH3-].[CH3-].[CH3-].[Y].[Y].[Y].[Y].[Y].[Y]. The maximum atomic E-state index is 10.7. The van der Waals surface area contributed by atoms with Gasteiger partial charge >= 0.3 is 5.97 Å². The van der Waals surface area contributed by atoms with E-state index in [1.165, 1.54) is 139 Å². The van der Waals surface area contributed by atoms with Crippen LogP contribution in [0.4, 0.5) is 0 Å². The van der Waals surface area contributed by atoms with Crippen molar-refractivity contribution >= 4 is 16.9 Å². The number of aromatic nitrogens is 1. The molecule has 1 heterocycles. The molecule has 10 rings (SSSR count). The third-order valence-electron chi connectivity index (χ3n) is 18.5. The number of hydrogen-bond acceptors (Lipinski definition) is 3. The van der Waals surface area contributed by atoms with Crippen LogP contribution in [-0.4, -0.2) is 20.7 Å². The minimum atomic E-state index is -1.10. The molecule has 0 saturated heterocycles. The van der Waals surface area contributed by atoms with Gasteiger partial charge in [0.2, 0.25) is 0 Å². The summed E-state index contributed by atoms with van der Waals surface area (Å²) in [5.74, 6) is -0.634. The number of carbonyl (C=O) groups is 1. The summed E-state index contributed by atoms with van der Waals surface area (Å²) in [6, 6.07) is 89.4. The number of aryl methyl sites for hydroxylation is 5. The van der Waals surface area contributed by atoms with Gasteiger partial charge in [-0.3, -0.25) is 0 Å². The van der Waals surface area contributed by atoms with E-state index in [4.69, 9.17) is 10.4 Å². The summed E-state index contributed by atoms with van der Waals surface area (Å²) >= 11 is 0. The fraction of sp³-hybridized carbons (Fsp3) is 0.434. The predicted molar refractivity (Wildman–Crippen MR) is 529 cm³/mol. The minimum absolute atomic E-state index is 0. The van der Waals surface area contributed by atoms with Crippen LogP contribution in [0.5, 0.6) is 5.75 Å². The molecule has 1 aromatic heterocycles. The van der Waals surface area contributed by atoms with Crippen LogP contribution >= 0.6 is 0 Å². The summed E-state index contributed by atoms with van der Waals surface area (Å²) in [5.41, 5.74) is 15.6. The Morgan fingerprint density at radius 2 is 0.677 bits per heavy atom. The Morgan fingerprint density at radius 3 is 1.02 bits per heavy atom. The van der Waals surface area contributed by atoms with Gasteiger partial charge in [-0.15, -0.1) is 0 Å². The van der Waals surface area contributed by atoms with E-state index in [0.717, 1.165) is 24.1 Å². The van der Waals surface area contributed by atoms with Crippen molar-refractivity contribution in [3.8, 4) is 11.8 Å². The van der Waals surface area contributed by atoms with Crippen molar-refractivity contribution in [3.63, 3.8) is 0 Å². The average Bonchev–Trinajstić information content (AvgIpc) is 1.69. The molecule has 0 bridgehead atoms. The number of aromatic carboxylic acids is 1. The molecule has 11 heteroatoms. The number of phenols is 1. The monoisotopic (exact) mass is 2140 g/mol. The van der Waals surface area contributed by atoms with E-state index < -0.39 is 5.97 Å². The molecule has 5 nitrogen and oxygen atoms in total. The number of rotatable bonds is 16. The van der Waals surface area contributed by atoms with Crippen LogP contribution < -0.4 is 0 Å². The van der Waals surface area contributed by atoms with Crippen molar-refractivity contribution in [3.05, 3.63) is 361 Å². The summed E-state index contributed by atoms with van der Waals surface area (Å²) in [6.45, 7) is 59.2. The van der Waals surface area contributed by atoms with Gasteiger partial charge in [-0.2, -0.15) is 5.26 Å². The number of fused-ring (bicyclic) bond motifs is 1. The standard InChI is InChI=1S/C14H19N.C14H22.C13H20.2C12H18.C11H13N.C11H14O3.C11H16.C9H12.6CH3.6Y/c1-14(2,3)9-11-15-10-8-12-6-4-5-7-13(12)15;1-14(2,3)12-8-7-11-13-9-5-4-6-10-13;1-13(2,3)11-7-10-12-8-5-4-6-9-12;2*1-12(2,3)10-9-11-7-5-4-6-8-11;1-11(2,3)10-6-4-5-9(7-10)8-12;1-11(2,3)7-4-5-9(12)8(6-7)10(13)14;1-11(2,3)9-10-7-5-4-6-8-10;1-8(2)9-6-4-3-5-7-9;;;;;;;;;;;;/h4-8,10H,9,11H2,1-3H3;4-6,9-10H,7-8,11-12H2,1-3H3;4-6,8-9H,7,10-11H2,1-3H3;2*4-8H,9-10H2,1-3H3;4-7H,1-3H3;4-6,12H,1-3H3,(H,13,14);4-8H,9H2,1-3H3;3-8H,1-2H3;6*1H3;;;;;;/q;;;;;;;;;6*-1;;;;;;. The number of unbranched alkanes of at least 4 members (excludes halogenated alkanes) is 1. The Labute approximate surface area is 917 Å². The first-order valence-electron chi connectivity index (χ1n) is 41.5. The van der Waals surface area contributed by atoms with Crippen molar-refractivity contribution in [2.45, 2.75) is 287 Å². The first-order valence-corrected chi connectivity index (χ1v) is 41.5. The Morgan fingerprint density at radius 1 is 0.347 bits per heavy atom. The average molecular weight is 2140 g/mol. The minimum Gasteiger partial charge on any atom is -0.507 e. The number of nitriles is 1. The molecule has 0 amide bonds. The normalized spacial score (nSPS) is 10.3. The predicted octanol–water partition coefficient (Wildman–Crippen LogP) is 33.9. The smallest absolute Gasteiger partial charge is 0.339 e. The molecule has 10 aromatic rings. The molecule has 9 aromatic carbocycles. The van der Waals surface area contributed by atoms with Crippen molar-refractivity contribution < 1.29 is 211 Å². The van der Waals surface area contributed by atoms with Gasteiger partial charge in [-0.1, -0.05) is 405 Å². The zero-order valence-corrected chi connectivity index (χ0v) is 101. The van der Waals surface area contributed by atoms with Crippen LogP contribution in [0, 0.1) is 88.4 Å². The van der Waals surface area contributed by atoms with E-state index in [1.807, 2.05) is 45.0 Å². The second-order valence-electron chi connectivity index (χ2n) is 39.6. The third-order valence-corrected chi connectivity index (χ3v) is 18.5. The van der Waals surface area contributed by atoms with Gasteiger partial charge in [0.05, 0.1) is 11.6 Å². The topological polar surface area (TPSA) is 86.2 Å². The van der Waals surface area contributed by atoms with E-state index in [1.54, 1.807) is 6.07 Å². The molecule has 124 heavy (non-hydrogen) atoms. The first kappa shape index (κ1) is 145. The molecule has 0 aliphatic heterocycles.